The van der Waals surface area contributed by atoms with Gasteiger partial charge in [-0.05, 0) is 24.6 Å². The Morgan fingerprint density at radius 1 is 1.36 bits per heavy atom. The van der Waals surface area contributed by atoms with Crippen molar-refractivity contribution >= 4 is 27.5 Å². The smallest absolute Gasteiger partial charge is 0.386 e. The standard InChI is InChI=1S/C12H12BrF3N2O4/c1-6(17-11(20)10(13)12(14,15)16)9(19)7-2-4-8(5-3-7)18(21)22/h2-6,9-10,19H,1H3,(H,17,20)/t6-,9?,10?/m1/s1. The molecule has 0 saturated carbocycles. The lowest BCUT2D eigenvalue weighted by Gasteiger charge is -2.22. The third-order valence-corrected chi connectivity index (χ3v) is 3.74. The van der Waals surface area contributed by atoms with Crippen molar-refractivity contribution in [2.24, 2.45) is 0 Å². The summed E-state index contributed by atoms with van der Waals surface area (Å²) in [5.74, 6) is -1.33. The van der Waals surface area contributed by atoms with E-state index in [-0.39, 0.29) is 11.3 Å². The van der Waals surface area contributed by atoms with E-state index in [0.717, 1.165) is 12.1 Å². The first-order chi connectivity index (χ1) is 10.0. The van der Waals surface area contributed by atoms with E-state index in [2.05, 4.69) is 15.9 Å². The Morgan fingerprint density at radius 2 is 1.86 bits per heavy atom. The van der Waals surface area contributed by atoms with Crippen molar-refractivity contribution in [1.82, 2.24) is 5.32 Å². The lowest BCUT2D eigenvalue weighted by molar-refractivity contribution is -0.384. The lowest BCUT2D eigenvalue weighted by Crippen LogP contribution is -2.45. The minimum Gasteiger partial charge on any atom is -0.386 e. The quantitative estimate of drug-likeness (QED) is 0.463. The van der Waals surface area contributed by atoms with E-state index < -0.39 is 34.0 Å². The summed E-state index contributed by atoms with van der Waals surface area (Å²) in [4.78, 5) is 18.9. The van der Waals surface area contributed by atoms with Crippen molar-refractivity contribution in [1.29, 1.82) is 0 Å². The Morgan fingerprint density at radius 3 is 2.27 bits per heavy atom. The topological polar surface area (TPSA) is 92.5 Å². The fraction of sp³-hybridized carbons (Fsp3) is 0.417. The summed E-state index contributed by atoms with van der Waals surface area (Å²) < 4.78 is 37.1. The number of halogens is 4. The predicted molar refractivity (Wildman–Crippen MR) is 74.4 cm³/mol. The average Bonchev–Trinajstić information content (AvgIpc) is 2.44. The highest BCUT2D eigenvalue weighted by Crippen LogP contribution is 2.27. The van der Waals surface area contributed by atoms with E-state index in [4.69, 9.17) is 0 Å². The van der Waals surface area contributed by atoms with Crippen LogP contribution in [0.15, 0.2) is 24.3 Å². The minimum absolute atomic E-state index is 0.190. The Labute approximate surface area is 131 Å². The highest BCUT2D eigenvalue weighted by Gasteiger charge is 2.43. The van der Waals surface area contributed by atoms with Crippen LogP contribution in [0.4, 0.5) is 18.9 Å². The Bertz CT molecular complexity index is 550. The van der Waals surface area contributed by atoms with Crippen molar-refractivity contribution in [2.45, 2.75) is 30.1 Å². The molecule has 0 aliphatic heterocycles. The molecule has 0 radical (unpaired) electrons. The van der Waals surface area contributed by atoms with Crippen LogP contribution < -0.4 is 5.32 Å². The van der Waals surface area contributed by atoms with Crippen LogP contribution in [-0.2, 0) is 4.79 Å². The second-order valence-corrected chi connectivity index (χ2v) is 5.41. The molecule has 0 bridgehead atoms. The van der Waals surface area contributed by atoms with Crippen LogP contribution in [-0.4, -0.2) is 33.0 Å². The first-order valence-corrected chi connectivity index (χ1v) is 6.89. The van der Waals surface area contributed by atoms with Gasteiger partial charge in [0.25, 0.3) is 5.69 Å². The number of carbonyl (C=O) groups excluding carboxylic acids is 1. The maximum atomic E-state index is 12.4. The van der Waals surface area contributed by atoms with Gasteiger partial charge in [-0.2, -0.15) is 13.2 Å². The van der Waals surface area contributed by atoms with E-state index in [0.29, 0.717) is 0 Å². The van der Waals surface area contributed by atoms with Gasteiger partial charge < -0.3 is 10.4 Å². The van der Waals surface area contributed by atoms with E-state index >= 15 is 0 Å². The zero-order chi connectivity index (χ0) is 17.1. The second kappa shape index (κ2) is 7.05. The zero-order valence-corrected chi connectivity index (χ0v) is 12.8. The van der Waals surface area contributed by atoms with Crippen LogP contribution >= 0.6 is 15.9 Å². The zero-order valence-electron chi connectivity index (χ0n) is 11.2. The molecule has 3 atom stereocenters. The number of aliphatic hydroxyl groups is 1. The number of nitro benzene ring substituents is 1. The van der Waals surface area contributed by atoms with Crippen LogP contribution in [0, 0.1) is 10.1 Å². The maximum absolute atomic E-state index is 12.4. The minimum atomic E-state index is -4.75. The van der Waals surface area contributed by atoms with Crippen LogP contribution in [0.2, 0.25) is 0 Å². The average molecular weight is 385 g/mol. The molecule has 1 rings (SSSR count). The number of nitrogens with one attached hydrogen (secondary N) is 1. The molecule has 6 nitrogen and oxygen atoms in total. The molecule has 0 aliphatic rings. The number of aliphatic hydroxyl groups excluding tert-OH is 1. The largest absolute Gasteiger partial charge is 0.410 e. The maximum Gasteiger partial charge on any atom is 0.410 e. The van der Waals surface area contributed by atoms with Crippen LogP contribution in [0.25, 0.3) is 0 Å². The van der Waals surface area contributed by atoms with Crippen molar-refractivity contribution in [3.05, 3.63) is 39.9 Å². The number of carbonyl (C=O) groups is 1. The lowest BCUT2D eigenvalue weighted by atomic mass is 10.0. The van der Waals surface area contributed by atoms with Gasteiger partial charge in [0, 0.05) is 12.1 Å². The molecule has 1 aromatic rings. The number of rotatable bonds is 5. The summed E-state index contributed by atoms with van der Waals surface area (Å²) >= 11 is 2.23. The molecule has 0 aromatic heterocycles. The van der Waals surface area contributed by atoms with Crippen LogP contribution in [0.5, 0.6) is 0 Å². The summed E-state index contributed by atoms with van der Waals surface area (Å²) in [7, 11) is 0. The summed E-state index contributed by atoms with van der Waals surface area (Å²) in [5, 5.41) is 22.5. The van der Waals surface area contributed by atoms with Gasteiger partial charge >= 0.3 is 6.18 Å². The molecule has 1 aromatic carbocycles. The molecule has 2 unspecified atom stereocenters. The molecule has 0 spiro atoms. The van der Waals surface area contributed by atoms with Gasteiger partial charge in [-0.25, -0.2) is 0 Å². The fourth-order valence-electron chi connectivity index (χ4n) is 1.61. The van der Waals surface area contributed by atoms with E-state index in [1.807, 2.05) is 5.32 Å². The third kappa shape index (κ3) is 4.67. The first-order valence-electron chi connectivity index (χ1n) is 5.97. The molecule has 122 valence electrons. The SMILES string of the molecule is C[C@@H](NC(=O)C(Br)C(F)(F)F)C(O)c1ccc([N+](=O)[O-])cc1. The molecule has 0 saturated heterocycles. The van der Waals surface area contributed by atoms with Crippen molar-refractivity contribution in [3.8, 4) is 0 Å². The van der Waals surface area contributed by atoms with Gasteiger partial charge in [0.2, 0.25) is 5.91 Å². The second-order valence-electron chi connectivity index (χ2n) is 4.49. The fourth-order valence-corrected chi connectivity index (χ4v) is 1.74. The number of non-ortho nitro benzene ring substituents is 1. The summed E-state index contributed by atoms with van der Waals surface area (Å²) in [6.07, 6.45) is -6.06. The molecule has 0 heterocycles. The number of nitrogens with zero attached hydrogens (tertiary/aromatic N) is 1. The molecular weight excluding hydrogens is 373 g/mol. The summed E-state index contributed by atoms with van der Waals surface area (Å²) in [6.45, 7) is 1.32. The van der Waals surface area contributed by atoms with E-state index in [1.54, 1.807) is 0 Å². The highest BCUT2D eigenvalue weighted by atomic mass is 79.9. The molecule has 0 fully saturated rings. The summed E-state index contributed by atoms with van der Waals surface area (Å²) in [5.41, 5.74) is 0.0433. The predicted octanol–water partition coefficient (Wildman–Crippen LogP) is 2.46. The van der Waals surface area contributed by atoms with E-state index in [9.17, 15) is 33.2 Å². The van der Waals surface area contributed by atoms with Gasteiger partial charge in [0.1, 0.15) is 0 Å². The van der Waals surface area contributed by atoms with Crippen molar-refractivity contribution in [3.63, 3.8) is 0 Å². The van der Waals surface area contributed by atoms with Crippen molar-refractivity contribution < 1.29 is 28.0 Å². The number of alkyl halides is 4. The van der Waals surface area contributed by atoms with Crippen LogP contribution in [0.3, 0.4) is 0 Å². The Kier molecular flexibility index (Phi) is 5.89. The molecular formula is C12H12BrF3N2O4. The molecule has 1 amide bonds. The number of hydrogen-bond acceptors (Lipinski definition) is 4. The first kappa shape index (κ1) is 18.4. The Balaban J connectivity index is 2.74. The molecule has 22 heavy (non-hydrogen) atoms. The number of amides is 1. The Hall–Kier alpha value is -1.68. The summed E-state index contributed by atoms with van der Waals surface area (Å²) in [6, 6.07) is 3.81. The van der Waals surface area contributed by atoms with Crippen molar-refractivity contribution in [2.75, 3.05) is 0 Å². The number of hydrogen-bond donors (Lipinski definition) is 2. The number of nitro groups is 1. The number of benzene rings is 1. The third-order valence-electron chi connectivity index (χ3n) is 2.81. The van der Waals surface area contributed by atoms with Gasteiger partial charge in [0.15, 0.2) is 4.83 Å². The molecule has 2 N–H and O–H groups in total. The molecule has 10 heteroatoms. The van der Waals surface area contributed by atoms with Gasteiger partial charge in [-0.1, -0.05) is 15.9 Å². The molecule has 0 aliphatic carbocycles. The van der Waals surface area contributed by atoms with Gasteiger partial charge in [-0.3, -0.25) is 14.9 Å². The van der Waals surface area contributed by atoms with Gasteiger partial charge in [-0.15, -0.1) is 0 Å². The highest BCUT2D eigenvalue weighted by molar-refractivity contribution is 9.10. The van der Waals surface area contributed by atoms with Crippen LogP contribution in [0.1, 0.15) is 18.6 Å². The monoisotopic (exact) mass is 384 g/mol. The van der Waals surface area contributed by atoms with Gasteiger partial charge in [0.05, 0.1) is 17.1 Å². The normalized spacial score (nSPS) is 15.7. The van der Waals surface area contributed by atoms with E-state index in [1.165, 1.54) is 19.1 Å².